The summed E-state index contributed by atoms with van der Waals surface area (Å²) in [6, 6.07) is 11.4. The number of benzene rings is 2. The van der Waals surface area contributed by atoms with E-state index >= 15 is 0 Å². The lowest BCUT2D eigenvalue weighted by Crippen LogP contribution is -2.06. The Morgan fingerprint density at radius 3 is 2.65 bits per heavy atom. The molecule has 134 valence electrons. The highest BCUT2D eigenvalue weighted by Crippen LogP contribution is 2.24. The molecule has 0 saturated heterocycles. The molecule has 8 heteroatoms. The lowest BCUT2D eigenvalue weighted by molar-refractivity contribution is 0.0426. The highest BCUT2D eigenvalue weighted by atomic mass is 16.6. The van der Waals surface area contributed by atoms with E-state index in [0.29, 0.717) is 22.9 Å². The molecular weight excluding hydrogens is 340 g/mol. The first kappa shape index (κ1) is 17.3. The van der Waals surface area contributed by atoms with Crippen LogP contribution in [0.3, 0.4) is 0 Å². The predicted molar refractivity (Wildman–Crippen MR) is 90.1 cm³/mol. The van der Waals surface area contributed by atoms with E-state index in [2.05, 4.69) is 10.1 Å². The number of hydrogen-bond donors (Lipinski definition) is 1. The van der Waals surface area contributed by atoms with Crippen molar-refractivity contribution in [2.45, 2.75) is 6.61 Å². The van der Waals surface area contributed by atoms with Gasteiger partial charge in [-0.3, -0.25) is 0 Å². The molecule has 8 nitrogen and oxygen atoms in total. The number of rotatable bonds is 6. The fraction of sp³-hybridized carbons (Fsp3) is 0.167. The van der Waals surface area contributed by atoms with Crippen molar-refractivity contribution in [1.29, 1.82) is 0 Å². The first-order chi connectivity index (χ1) is 12.6. The third-order valence-corrected chi connectivity index (χ3v) is 3.55. The van der Waals surface area contributed by atoms with Crippen LogP contribution in [0.15, 0.2) is 47.0 Å². The molecule has 1 N–H and O–H groups in total. The molecule has 0 atom stereocenters. The second kappa shape index (κ2) is 7.56. The average molecular weight is 356 g/mol. The minimum atomic E-state index is -0.734. The van der Waals surface area contributed by atoms with Crippen molar-refractivity contribution in [3.8, 4) is 28.6 Å². The van der Waals surface area contributed by atoms with E-state index in [1.54, 1.807) is 31.4 Å². The number of carbonyl (C=O) groups excluding carboxylic acids is 1. The molecule has 0 aliphatic carbocycles. The zero-order chi connectivity index (χ0) is 18.5. The third kappa shape index (κ3) is 3.75. The first-order valence-corrected chi connectivity index (χ1v) is 7.62. The summed E-state index contributed by atoms with van der Waals surface area (Å²) in [5.74, 6) is 0.611. The molecule has 2 aromatic carbocycles. The highest BCUT2D eigenvalue weighted by Gasteiger charge is 2.16. The van der Waals surface area contributed by atoms with Gasteiger partial charge in [-0.15, -0.1) is 0 Å². The van der Waals surface area contributed by atoms with Gasteiger partial charge in [0.2, 0.25) is 5.82 Å². The van der Waals surface area contributed by atoms with Crippen LogP contribution in [0.5, 0.6) is 17.2 Å². The lowest BCUT2D eigenvalue weighted by Gasteiger charge is -2.06. The summed E-state index contributed by atoms with van der Waals surface area (Å²) in [5, 5.41) is 13.6. The first-order valence-electron chi connectivity index (χ1n) is 7.62. The molecule has 3 aromatic rings. The van der Waals surface area contributed by atoms with E-state index in [1.807, 2.05) is 0 Å². The Kier molecular flexibility index (Phi) is 5.02. The molecule has 3 rings (SSSR count). The maximum atomic E-state index is 12.1. The van der Waals surface area contributed by atoms with E-state index in [-0.39, 0.29) is 23.8 Å². The van der Waals surface area contributed by atoms with Crippen molar-refractivity contribution in [3.05, 3.63) is 53.9 Å². The van der Waals surface area contributed by atoms with Gasteiger partial charge in [-0.1, -0.05) is 17.3 Å². The van der Waals surface area contributed by atoms with Crippen molar-refractivity contribution in [2.75, 3.05) is 14.2 Å². The Morgan fingerprint density at radius 2 is 1.88 bits per heavy atom. The standard InChI is InChI=1S/C18H16N2O6/c1-23-12-5-3-4-11(8-12)17-19-16(26-20-17)10-25-18(22)14-9-13(24-2)6-7-15(14)21/h3-9,21H,10H2,1-2H3. The van der Waals surface area contributed by atoms with Crippen LogP contribution in [0.2, 0.25) is 0 Å². The zero-order valence-corrected chi connectivity index (χ0v) is 14.1. The molecule has 1 aromatic heterocycles. The largest absolute Gasteiger partial charge is 0.507 e. The molecule has 1 heterocycles. The lowest BCUT2D eigenvalue weighted by atomic mass is 10.2. The quantitative estimate of drug-likeness (QED) is 0.672. The van der Waals surface area contributed by atoms with Gasteiger partial charge < -0.3 is 23.8 Å². The number of phenols is 1. The summed E-state index contributed by atoms with van der Waals surface area (Å²) in [5.41, 5.74) is 0.688. The minimum Gasteiger partial charge on any atom is -0.507 e. The highest BCUT2D eigenvalue weighted by molar-refractivity contribution is 5.92. The maximum Gasteiger partial charge on any atom is 0.342 e. The summed E-state index contributed by atoms with van der Waals surface area (Å²) < 4.78 is 20.4. The van der Waals surface area contributed by atoms with E-state index in [4.69, 9.17) is 18.7 Å². The fourth-order valence-corrected chi connectivity index (χ4v) is 2.20. The Labute approximate surface area is 148 Å². The van der Waals surface area contributed by atoms with Crippen LogP contribution in [0.4, 0.5) is 0 Å². The van der Waals surface area contributed by atoms with Gasteiger partial charge in [0.15, 0.2) is 6.61 Å². The summed E-state index contributed by atoms with van der Waals surface area (Å²) in [7, 11) is 3.02. The van der Waals surface area contributed by atoms with E-state index in [9.17, 15) is 9.90 Å². The van der Waals surface area contributed by atoms with E-state index in [1.165, 1.54) is 25.3 Å². The van der Waals surface area contributed by atoms with Gasteiger partial charge in [-0.05, 0) is 30.3 Å². The number of methoxy groups -OCH3 is 2. The number of ether oxygens (including phenoxy) is 3. The van der Waals surface area contributed by atoms with Crippen LogP contribution in [0.1, 0.15) is 16.2 Å². The van der Waals surface area contributed by atoms with Gasteiger partial charge in [0, 0.05) is 5.56 Å². The van der Waals surface area contributed by atoms with Gasteiger partial charge >= 0.3 is 5.97 Å². The monoisotopic (exact) mass is 356 g/mol. The SMILES string of the molecule is COc1cccc(-c2noc(COC(=O)c3cc(OC)ccc3O)n2)c1. The number of aromatic nitrogens is 2. The van der Waals surface area contributed by atoms with Crippen molar-refractivity contribution in [2.24, 2.45) is 0 Å². The summed E-state index contributed by atoms with van der Waals surface area (Å²) in [4.78, 5) is 16.3. The van der Waals surface area contributed by atoms with Gasteiger partial charge in [0.05, 0.1) is 14.2 Å². The summed E-state index contributed by atoms with van der Waals surface area (Å²) in [6.45, 7) is -0.230. The summed E-state index contributed by atoms with van der Waals surface area (Å²) in [6.07, 6.45) is 0. The molecule has 0 bridgehead atoms. The molecule has 0 unspecified atom stereocenters. The van der Waals surface area contributed by atoms with E-state index < -0.39 is 5.97 Å². The van der Waals surface area contributed by atoms with Crippen LogP contribution in [0, 0.1) is 0 Å². The topological polar surface area (TPSA) is 104 Å². The van der Waals surface area contributed by atoms with Crippen molar-refractivity contribution in [3.63, 3.8) is 0 Å². The summed E-state index contributed by atoms with van der Waals surface area (Å²) >= 11 is 0. The smallest absolute Gasteiger partial charge is 0.342 e. The Balaban J connectivity index is 1.69. The second-order valence-electron chi connectivity index (χ2n) is 5.20. The zero-order valence-electron chi connectivity index (χ0n) is 14.1. The number of aromatic hydroxyl groups is 1. The van der Waals surface area contributed by atoms with Gasteiger partial charge in [0.1, 0.15) is 22.8 Å². The molecule has 0 aliphatic rings. The van der Waals surface area contributed by atoms with Crippen molar-refractivity contribution < 1.29 is 28.6 Å². The molecule has 0 fully saturated rings. The van der Waals surface area contributed by atoms with Gasteiger partial charge in [0.25, 0.3) is 5.89 Å². The number of phenolic OH excluding ortho intramolecular Hbond substituents is 1. The van der Waals surface area contributed by atoms with Crippen molar-refractivity contribution in [1.82, 2.24) is 10.1 Å². The van der Waals surface area contributed by atoms with Crippen LogP contribution >= 0.6 is 0 Å². The number of nitrogens with zero attached hydrogens (tertiary/aromatic N) is 2. The Morgan fingerprint density at radius 1 is 1.12 bits per heavy atom. The van der Waals surface area contributed by atoms with Crippen LogP contribution in [0.25, 0.3) is 11.4 Å². The number of hydrogen-bond acceptors (Lipinski definition) is 8. The van der Waals surface area contributed by atoms with E-state index in [0.717, 1.165) is 0 Å². The second-order valence-corrected chi connectivity index (χ2v) is 5.20. The number of carbonyl (C=O) groups is 1. The molecule has 0 amide bonds. The predicted octanol–water partition coefficient (Wildman–Crippen LogP) is 2.82. The average Bonchev–Trinajstić information content (AvgIpc) is 3.15. The normalized spacial score (nSPS) is 10.4. The molecule has 0 spiro atoms. The van der Waals surface area contributed by atoms with Crippen LogP contribution < -0.4 is 9.47 Å². The molecule has 0 saturated carbocycles. The molecule has 26 heavy (non-hydrogen) atoms. The number of esters is 1. The van der Waals surface area contributed by atoms with Crippen LogP contribution in [-0.4, -0.2) is 35.4 Å². The third-order valence-electron chi connectivity index (χ3n) is 3.55. The van der Waals surface area contributed by atoms with Crippen LogP contribution in [-0.2, 0) is 11.3 Å². The van der Waals surface area contributed by atoms with Gasteiger partial charge in [-0.25, -0.2) is 4.79 Å². The molecule has 0 aliphatic heterocycles. The minimum absolute atomic E-state index is 0.0168. The molecular formula is C18H16N2O6. The maximum absolute atomic E-state index is 12.1. The Hall–Kier alpha value is -3.55. The van der Waals surface area contributed by atoms with Gasteiger partial charge in [-0.2, -0.15) is 4.98 Å². The molecule has 0 radical (unpaired) electrons. The van der Waals surface area contributed by atoms with Crippen molar-refractivity contribution >= 4 is 5.97 Å². The Bertz CT molecular complexity index is 922. The fourth-order valence-electron chi connectivity index (χ4n) is 2.20.